The molecule has 18 heavy (non-hydrogen) atoms. The molecule has 0 heterocycles. The van der Waals surface area contributed by atoms with Crippen LogP contribution in [-0.2, 0) is 0 Å². The highest BCUT2D eigenvalue weighted by Crippen LogP contribution is 2.47. The molecule has 1 rings (SSSR count). The van der Waals surface area contributed by atoms with Crippen LogP contribution in [-0.4, -0.2) is 29.6 Å². The molecule has 1 atom stereocenters. The highest BCUT2D eigenvalue weighted by atomic mass is 15.2. The van der Waals surface area contributed by atoms with E-state index in [1.807, 2.05) is 0 Å². The van der Waals surface area contributed by atoms with E-state index in [2.05, 4.69) is 46.4 Å². The van der Waals surface area contributed by atoms with Crippen molar-refractivity contribution in [3.05, 3.63) is 0 Å². The van der Waals surface area contributed by atoms with Crippen LogP contribution >= 0.6 is 0 Å². The summed E-state index contributed by atoms with van der Waals surface area (Å²) in [5.41, 5.74) is 6.82. The van der Waals surface area contributed by atoms with Gasteiger partial charge in [-0.2, -0.15) is 0 Å². The molecule has 0 radical (unpaired) electrons. The monoisotopic (exact) mass is 254 g/mol. The Morgan fingerprint density at radius 2 is 1.61 bits per heavy atom. The number of hydrogen-bond acceptors (Lipinski definition) is 2. The molecular weight excluding hydrogens is 220 g/mol. The number of nitrogens with zero attached hydrogens (tertiary/aromatic N) is 1. The molecule has 2 nitrogen and oxygen atoms in total. The van der Waals surface area contributed by atoms with E-state index in [4.69, 9.17) is 5.73 Å². The van der Waals surface area contributed by atoms with Crippen LogP contribution in [0.4, 0.5) is 0 Å². The van der Waals surface area contributed by atoms with Crippen molar-refractivity contribution in [2.24, 2.45) is 17.1 Å². The molecule has 2 N–H and O–H groups in total. The zero-order chi connectivity index (χ0) is 14.0. The zero-order valence-electron chi connectivity index (χ0n) is 13.4. The van der Waals surface area contributed by atoms with Gasteiger partial charge in [-0.25, -0.2) is 0 Å². The summed E-state index contributed by atoms with van der Waals surface area (Å²) in [5.74, 6) is 0.702. The van der Waals surface area contributed by atoms with Crippen LogP contribution in [0.3, 0.4) is 0 Å². The molecule has 1 aliphatic rings. The third-order valence-electron chi connectivity index (χ3n) is 4.97. The molecule has 2 heteroatoms. The summed E-state index contributed by atoms with van der Waals surface area (Å²) in [4.78, 5) is 2.71. The Bertz CT molecular complexity index is 258. The minimum absolute atomic E-state index is 0.198. The highest BCUT2D eigenvalue weighted by molar-refractivity contribution is 5.06. The Morgan fingerprint density at radius 1 is 1.06 bits per heavy atom. The average molecular weight is 254 g/mol. The van der Waals surface area contributed by atoms with Gasteiger partial charge in [0.15, 0.2) is 0 Å². The molecule has 0 amide bonds. The standard InChI is InChI=1S/C16H34N2/c1-13(2)11-18(14(3)4)16(12-17)10-8-7-9-15(16,5)6/h13-14H,7-12,17H2,1-6H3. The number of hydrogen-bond donors (Lipinski definition) is 1. The number of rotatable bonds is 5. The molecule has 0 spiro atoms. The molecule has 1 aliphatic carbocycles. The van der Waals surface area contributed by atoms with Crippen LogP contribution in [0.25, 0.3) is 0 Å². The zero-order valence-corrected chi connectivity index (χ0v) is 13.4. The second-order valence-corrected chi connectivity index (χ2v) is 7.47. The fraction of sp³-hybridized carbons (Fsp3) is 1.00. The normalized spacial score (nSPS) is 28.3. The molecule has 1 unspecified atom stereocenters. The average Bonchev–Trinajstić information content (AvgIpc) is 2.26. The SMILES string of the molecule is CC(C)CN(C(C)C)C1(CN)CCCCC1(C)C. The van der Waals surface area contributed by atoms with Crippen LogP contribution in [0.15, 0.2) is 0 Å². The molecule has 0 aromatic heterocycles. The first-order chi connectivity index (χ1) is 8.27. The Kier molecular flexibility index (Phi) is 5.25. The maximum atomic E-state index is 6.29. The van der Waals surface area contributed by atoms with Crippen molar-refractivity contribution in [3.8, 4) is 0 Å². The summed E-state index contributed by atoms with van der Waals surface area (Å²) < 4.78 is 0. The fourth-order valence-corrected chi connectivity index (χ4v) is 3.86. The second-order valence-electron chi connectivity index (χ2n) is 7.47. The number of nitrogens with two attached hydrogens (primary N) is 1. The fourth-order valence-electron chi connectivity index (χ4n) is 3.86. The second kappa shape index (κ2) is 5.92. The molecule has 0 bridgehead atoms. The third-order valence-corrected chi connectivity index (χ3v) is 4.97. The van der Waals surface area contributed by atoms with E-state index in [-0.39, 0.29) is 5.54 Å². The Labute approximate surface area is 114 Å². The minimum atomic E-state index is 0.198. The van der Waals surface area contributed by atoms with Crippen LogP contribution in [0.1, 0.15) is 67.2 Å². The molecule has 108 valence electrons. The van der Waals surface area contributed by atoms with Gasteiger partial charge in [0, 0.05) is 24.7 Å². The Balaban J connectivity index is 3.08. The van der Waals surface area contributed by atoms with Gasteiger partial charge in [0.25, 0.3) is 0 Å². The first-order valence-electron chi connectivity index (χ1n) is 7.73. The van der Waals surface area contributed by atoms with Gasteiger partial charge in [0.1, 0.15) is 0 Å². The minimum Gasteiger partial charge on any atom is -0.329 e. The Hall–Kier alpha value is -0.0800. The van der Waals surface area contributed by atoms with Gasteiger partial charge in [-0.05, 0) is 38.0 Å². The summed E-state index contributed by atoms with van der Waals surface area (Å²) >= 11 is 0. The van der Waals surface area contributed by atoms with Crippen LogP contribution in [0.5, 0.6) is 0 Å². The maximum absolute atomic E-state index is 6.29. The molecule has 1 saturated carbocycles. The van der Waals surface area contributed by atoms with Crippen LogP contribution < -0.4 is 5.73 Å². The van der Waals surface area contributed by atoms with Crippen molar-refractivity contribution < 1.29 is 0 Å². The molecule has 0 saturated heterocycles. The van der Waals surface area contributed by atoms with Crippen molar-refractivity contribution in [1.29, 1.82) is 0 Å². The lowest BCUT2D eigenvalue weighted by molar-refractivity contribution is -0.0664. The summed E-state index contributed by atoms with van der Waals surface area (Å²) in [5, 5.41) is 0. The van der Waals surface area contributed by atoms with Gasteiger partial charge in [0.05, 0.1) is 0 Å². The predicted molar refractivity (Wildman–Crippen MR) is 80.7 cm³/mol. The molecule has 0 aromatic rings. The highest BCUT2D eigenvalue weighted by Gasteiger charge is 2.50. The van der Waals surface area contributed by atoms with Crippen molar-refractivity contribution >= 4 is 0 Å². The topological polar surface area (TPSA) is 29.3 Å². The molecule has 0 aromatic carbocycles. The summed E-state index contributed by atoms with van der Waals surface area (Å²) in [6, 6.07) is 0.577. The lowest BCUT2D eigenvalue weighted by Gasteiger charge is -2.58. The van der Waals surface area contributed by atoms with Crippen molar-refractivity contribution in [2.45, 2.75) is 78.8 Å². The van der Waals surface area contributed by atoms with Crippen LogP contribution in [0, 0.1) is 11.3 Å². The lowest BCUT2D eigenvalue weighted by atomic mass is 9.61. The van der Waals surface area contributed by atoms with Gasteiger partial charge >= 0.3 is 0 Å². The smallest absolute Gasteiger partial charge is 0.0385 e. The van der Waals surface area contributed by atoms with E-state index >= 15 is 0 Å². The Morgan fingerprint density at radius 3 is 2.00 bits per heavy atom. The largest absolute Gasteiger partial charge is 0.329 e. The van der Waals surface area contributed by atoms with Crippen molar-refractivity contribution in [1.82, 2.24) is 4.90 Å². The van der Waals surface area contributed by atoms with Gasteiger partial charge in [-0.15, -0.1) is 0 Å². The van der Waals surface area contributed by atoms with Gasteiger partial charge in [-0.3, -0.25) is 4.90 Å². The van der Waals surface area contributed by atoms with Gasteiger partial charge < -0.3 is 5.73 Å². The van der Waals surface area contributed by atoms with E-state index in [1.54, 1.807) is 0 Å². The van der Waals surface area contributed by atoms with Crippen molar-refractivity contribution in [2.75, 3.05) is 13.1 Å². The first-order valence-corrected chi connectivity index (χ1v) is 7.73. The van der Waals surface area contributed by atoms with Gasteiger partial charge in [0.2, 0.25) is 0 Å². The van der Waals surface area contributed by atoms with E-state index in [0.717, 1.165) is 13.1 Å². The van der Waals surface area contributed by atoms with Crippen molar-refractivity contribution in [3.63, 3.8) is 0 Å². The van der Waals surface area contributed by atoms with Gasteiger partial charge in [-0.1, -0.05) is 40.5 Å². The first kappa shape index (κ1) is 16.0. The van der Waals surface area contributed by atoms with E-state index < -0.39 is 0 Å². The van der Waals surface area contributed by atoms with E-state index in [0.29, 0.717) is 17.4 Å². The third kappa shape index (κ3) is 2.91. The molecule has 1 fully saturated rings. The quantitative estimate of drug-likeness (QED) is 0.811. The lowest BCUT2D eigenvalue weighted by Crippen LogP contribution is -2.66. The summed E-state index contributed by atoms with van der Waals surface area (Å²) in [6.07, 6.45) is 5.28. The predicted octanol–water partition coefficient (Wildman–Crippen LogP) is 3.65. The maximum Gasteiger partial charge on any atom is 0.0385 e. The van der Waals surface area contributed by atoms with Crippen LogP contribution in [0.2, 0.25) is 0 Å². The molecule has 0 aliphatic heterocycles. The summed E-state index contributed by atoms with van der Waals surface area (Å²) in [6.45, 7) is 16.1. The summed E-state index contributed by atoms with van der Waals surface area (Å²) in [7, 11) is 0. The van der Waals surface area contributed by atoms with E-state index in [9.17, 15) is 0 Å². The van der Waals surface area contributed by atoms with E-state index in [1.165, 1.54) is 25.7 Å². The molecular formula is C16H34N2.